The van der Waals surface area contributed by atoms with E-state index in [4.69, 9.17) is 14.1 Å². The minimum Gasteiger partial charge on any atom is -0.494 e. The Morgan fingerprint density at radius 3 is 2.51 bits per heavy atom. The van der Waals surface area contributed by atoms with E-state index in [1.165, 1.54) is 44.2 Å². The maximum Gasteiger partial charge on any atom is 0.226 e. The van der Waals surface area contributed by atoms with Crippen molar-refractivity contribution in [3.8, 4) is 17.2 Å². The highest BCUT2D eigenvalue weighted by Crippen LogP contribution is 2.25. The largest absolute Gasteiger partial charge is 0.494 e. The lowest BCUT2D eigenvalue weighted by atomic mass is 9.90. The Labute approximate surface area is 210 Å². The first-order chi connectivity index (χ1) is 17.2. The molecular weight excluding hydrogens is 434 g/mol. The van der Waals surface area contributed by atoms with Crippen molar-refractivity contribution in [1.29, 1.82) is 0 Å². The van der Waals surface area contributed by atoms with Gasteiger partial charge in [0, 0.05) is 24.7 Å². The average Bonchev–Trinajstić information content (AvgIpc) is 3.53. The van der Waals surface area contributed by atoms with Gasteiger partial charge >= 0.3 is 0 Å². The van der Waals surface area contributed by atoms with E-state index in [2.05, 4.69) is 47.1 Å². The van der Waals surface area contributed by atoms with Gasteiger partial charge in [0.1, 0.15) is 12.0 Å². The van der Waals surface area contributed by atoms with E-state index in [9.17, 15) is 0 Å². The molecule has 2 aliphatic heterocycles. The maximum atomic E-state index is 5.96. The molecule has 1 unspecified atom stereocenters. The van der Waals surface area contributed by atoms with E-state index < -0.39 is 0 Å². The van der Waals surface area contributed by atoms with Crippen LogP contribution in [0.25, 0.3) is 11.5 Å². The van der Waals surface area contributed by atoms with E-state index in [0.29, 0.717) is 5.89 Å². The molecule has 0 radical (unpaired) electrons. The molecule has 5 rings (SSSR count). The second-order valence-electron chi connectivity index (χ2n) is 10.3. The second kappa shape index (κ2) is 11.9. The van der Waals surface area contributed by atoms with Crippen LogP contribution in [0.5, 0.6) is 5.75 Å². The van der Waals surface area contributed by atoms with E-state index in [0.717, 1.165) is 68.2 Å². The third kappa shape index (κ3) is 6.74. The normalized spacial score (nSPS) is 19.9. The van der Waals surface area contributed by atoms with Gasteiger partial charge in [0.2, 0.25) is 5.89 Å². The number of aromatic nitrogens is 1. The van der Waals surface area contributed by atoms with Crippen molar-refractivity contribution in [3.63, 3.8) is 0 Å². The molecule has 0 spiro atoms. The summed E-state index contributed by atoms with van der Waals surface area (Å²) in [5.41, 5.74) is 3.47. The Bertz CT molecular complexity index is 1030. The molecule has 3 heterocycles. The van der Waals surface area contributed by atoms with Crippen molar-refractivity contribution in [2.24, 2.45) is 5.92 Å². The lowest BCUT2D eigenvalue weighted by Crippen LogP contribution is -2.33. The van der Waals surface area contributed by atoms with Crippen molar-refractivity contribution >= 4 is 0 Å². The fraction of sp³-hybridized carbons (Fsp3) is 0.500. The number of piperidine rings is 1. The topological polar surface area (TPSA) is 41.7 Å². The molecule has 3 aromatic rings. The first-order valence-electron chi connectivity index (χ1n) is 13.4. The summed E-state index contributed by atoms with van der Waals surface area (Å²) in [6.07, 6.45) is 9.24. The highest BCUT2D eigenvalue weighted by molar-refractivity contribution is 5.54. The zero-order valence-electron chi connectivity index (χ0n) is 21.1. The van der Waals surface area contributed by atoms with E-state index >= 15 is 0 Å². The predicted molar refractivity (Wildman–Crippen MR) is 140 cm³/mol. The predicted octanol–water partition coefficient (Wildman–Crippen LogP) is 6.05. The molecule has 5 heteroatoms. The van der Waals surface area contributed by atoms with Gasteiger partial charge in [0.15, 0.2) is 0 Å². The van der Waals surface area contributed by atoms with Gasteiger partial charge in [-0.15, -0.1) is 0 Å². The Kier molecular flexibility index (Phi) is 8.17. The molecule has 0 saturated carbocycles. The van der Waals surface area contributed by atoms with Crippen LogP contribution in [0.2, 0.25) is 0 Å². The summed E-state index contributed by atoms with van der Waals surface area (Å²) in [5, 5.41) is 0. The van der Waals surface area contributed by atoms with Crippen LogP contribution in [-0.2, 0) is 13.0 Å². The Balaban J connectivity index is 1.04. The summed E-state index contributed by atoms with van der Waals surface area (Å²) >= 11 is 0. The molecule has 2 saturated heterocycles. The van der Waals surface area contributed by atoms with Gasteiger partial charge in [0.05, 0.1) is 12.3 Å². The van der Waals surface area contributed by atoms with Gasteiger partial charge in [-0.3, -0.25) is 4.90 Å². The SMILES string of the molecule is CC1CCCN1CCCOc1ccc(-c2nc(CN3CCC(Cc4ccccc4)CC3)co2)cc1. The molecule has 35 heavy (non-hydrogen) atoms. The van der Waals surface area contributed by atoms with E-state index in [1.807, 2.05) is 30.5 Å². The van der Waals surface area contributed by atoms with Gasteiger partial charge in [0.25, 0.3) is 0 Å². The summed E-state index contributed by atoms with van der Waals surface area (Å²) in [6, 6.07) is 19.7. The zero-order chi connectivity index (χ0) is 23.9. The maximum absolute atomic E-state index is 5.96. The first-order valence-corrected chi connectivity index (χ1v) is 13.4. The Morgan fingerprint density at radius 2 is 1.77 bits per heavy atom. The number of ether oxygens (including phenoxy) is 1. The number of nitrogens with zero attached hydrogens (tertiary/aromatic N) is 3. The van der Waals surface area contributed by atoms with Crippen molar-refractivity contribution in [1.82, 2.24) is 14.8 Å². The minimum atomic E-state index is 0.688. The lowest BCUT2D eigenvalue weighted by molar-refractivity contribution is 0.175. The molecule has 0 bridgehead atoms. The molecule has 1 aromatic heterocycles. The number of oxazole rings is 1. The van der Waals surface area contributed by atoms with Crippen LogP contribution in [-0.4, -0.2) is 53.6 Å². The fourth-order valence-corrected chi connectivity index (χ4v) is 5.51. The van der Waals surface area contributed by atoms with Gasteiger partial charge in [-0.2, -0.15) is 0 Å². The molecule has 0 aliphatic carbocycles. The summed E-state index contributed by atoms with van der Waals surface area (Å²) in [6.45, 7) is 8.57. The lowest BCUT2D eigenvalue weighted by Gasteiger charge is -2.31. The van der Waals surface area contributed by atoms with Gasteiger partial charge in [-0.1, -0.05) is 30.3 Å². The van der Waals surface area contributed by atoms with E-state index in [-0.39, 0.29) is 0 Å². The van der Waals surface area contributed by atoms with Crippen LogP contribution in [0.15, 0.2) is 65.3 Å². The van der Waals surface area contributed by atoms with E-state index in [1.54, 1.807) is 0 Å². The molecular formula is C30H39N3O2. The quantitative estimate of drug-likeness (QED) is 0.335. The molecule has 1 atom stereocenters. The van der Waals surface area contributed by atoms with Crippen molar-refractivity contribution in [2.75, 3.05) is 32.8 Å². The number of hydrogen-bond acceptors (Lipinski definition) is 5. The average molecular weight is 474 g/mol. The second-order valence-corrected chi connectivity index (χ2v) is 10.3. The first kappa shape index (κ1) is 24.1. The summed E-state index contributed by atoms with van der Waals surface area (Å²) in [5.74, 6) is 2.38. The summed E-state index contributed by atoms with van der Waals surface area (Å²) < 4.78 is 11.8. The molecule has 0 N–H and O–H groups in total. The Morgan fingerprint density at radius 1 is 0.971 bits per heavy atom. The molecule has 5 nitrogen and oxygen atoms in total. The number of rotatable bonds is 10. The zero-order valence-corrected chi connectivity index (χ0v) is 21.1. The van der Waals surface area contributed by atoms with Crippen LogP contribution in [0.1, 0.15) is 50.3 Å². The molecule has 186 valence electrons. The molecule has 2 aliphatic rings. The number of hydrogen-bond donors (Lipinski definition) is 0. The van der Waals surface area contributed by atoms with Crippen LogP contribution < -0.4 is 4.74 Å². The fourth-order valence-electron chi connectivity index (χ4n) is 5.51. The highest BCUT2D eigenvalue weighted by atomic mass is 16.5. The van der Waals surface area contributed by atoms with Crippen molar-refractivity contribution < 1.29 is 9.15 Å². The summed E-state index contributed by atoms with van der Waals surface area (Å²) in [4.78, 5) is 9.83. The van der Waals surface area contributed by atoms with Crippen LogP contribution in [0.4, 0.5) is 0 Å². The standard InChI is InChI=1S/C30H39N3O2/c1-24-7-5-16-33(24)17-6-20-34-29-12-10-27(11-13-29)30-31-28(23-35-30)22-32-18-14-26(15-19-32)21-25-8-3-2-4-9-25/h2-4,8-13,23-24,26H,5-7,14-22H2,1H3. The Hall–Kier alpha value is -2.63. The van der Waals surface area contributed by atoms with Crippen LogP contribution in [0, 0.1) is 5.92 Å². The third-order valence-electron chi connectivity index (χ3n) is 7.66. The van der Waals surface area contributed by atoms with Crippen LogP contribution >= 0.6 is 0 Å². The van der Waals surface area contributed by atoms with Crippen molar-refractivity contribution in [3.05, 3.63) is 72.1 Å². The van der Waals surface area contributed by atoms with Gasteiger partial charge in [-0.05, 0) is 101 Å². The third-order valence-corrected chi connectivity index (χ3v) is 7.66. The monoisotopic (exact) mass is 473 g/mol. The minimum absolute atomic E-state index is 0.688. The molecule has 0 amide bonds. The smallest absolute Gasteiger partial charge is 0.226 e. The number of likely N-dealkylation sites (tertiary alicyclic amines) is 2. The highest BCUT2D eigenvalue weighted by Gasteiger charge is 2.21. The van der Waals surface area contributed by atoms with Crippen LogP contribution in [0.3, 0.4) is 0 Å². The van der Waals surface area contributed by atoms with Crippen molar-refractivity contribution in [2.45, 2.75) is 58.0 Å². The van der Waals surface area contributed by atoms with Gasteiger partial charge < -0.3 is 14.1 Å². The molecule has 2 fully saturated rings. The van der Waals surface area contributed by atoms with Gasteiger partial charge in [-0.25, -0.2) is 4.98 Å². The molecule has 2 aromatic carbocycles. The summed E-state index contributed by atoms with van der Waals surface area (Å²) in [7, 11) is 0. The number of benzene rings is 2.